The van der Waals surface area contributed by atoms with Crippen molar-refractivity contribution in [3.63, 3.8) is 0 Å². The molecule has 0 amide bonds. The molecule has 1 aromatic rings. The molecule has 3 heteroatoms. The summed E-state index contributed by atoms with van der Waals surface area (Å²) >= 11 is 0.00828. The molecular weight excluding hydrogens is 252 g/mol. The van der Waals surface area contributed by atoms with Gasteiger partial charge < -0.3 is 4.74 Å². The smallest absolute Gasteiger partial charge is 0.408 e. The second kappa shape index (κ2) is 8.56. The fraction of sp³-hybridized carbons (Fsp3) is 0.455. The predicted octanol–water partition coefficient (Wildman–Crippen LogP) is 2.82. The van der Waals surface area contributed by atoms with Crippen LogP contribution >= 0.6 is 17.0 Å². The maximum Gasteiger partial charge on any atom is 0.408 e. The second-order valence-electron chi connectivity index (χ2n) is 3.24. The molecule has 1 rings (SSSR count). The lowest BCUT2D eigenvalue weighted by molar-refractivity contribution is 0.317. The van der Waals surface area contributed by atoms with Gasteiger partial charge in [0.15, 0.2) is 0 Å². The zero-order valence-corrected chi connectivity index (χ0v) is 12.1. The van der Waals surface area contributed by atoms with Gasteiger partial charge in [-0.3, -0.25) is 0 Å². The SMILES string of the molecule is Br.CCCOc1cc[c]([Mg][CH2]C)cc1. The Bertz CT molecular complexity index is 236. The summed E-state index contributed by atoms with van der Waals surface area (Å²) in [6.45, 7) is 5.20. The Balaban J connectivity index is 0.00000169. The number of halogens is 1. The lowest BCUT2D eigenvalue weighted by Gasteiger charge is -2.04. The Kier molecular flexibility index (Phi) is 8.73. The average Bonchev–Trinajstić information content (AvgIpc) is 2.17. The van der Waals surface area contributed by atoms with Crippen LogP contribution in [0.25, 0.3) is 0 Å². The second-order valence-corrected chi connectivity index (χ2v) is 5.56. The minimum Gasteiger partial charge on any atom is -0.494 e. The summed E-state index contributed by atoms with van der Waals surface area (Å²) in [5, 5.41) is 0. The van der Waals surface area contributed by atoms with Crippen LogP contribution < -0.4 is 8.43 Å². The Morgan fingerprint density at radius 1 is 1.14 bits per heavy atom. The third kappa shape index (κ3) is 5.22. The molecule has 0 aliphatic carbocycles. The summed E-state index contributed by atoms with van der Waals surface area (Å²) in [6.07, 6.45) is 1.07. The van der Waals surface area contributed by atoms with Crippen LogP contribution in [-0.4, -0.2) is 27.0 Å². The zero-order chi connectivity index (χ0) is 9.52. The fourth-order valence-electron chi connectivity index (χ4n) is 1.26. The van der Waals surface area contributed by atoms with E-state index in [-0.39, 0.29) is 37.3 Å². The Morgan fingerprint density at radius 3 is 2.29 bits per heavy atom. The molecule has 0 N–H and O–H groups in total. The minimum absolute atomic E-state index is 0. The number of hydrogen-bond donors (Lipinski definition) is 0. The molecule has 0 spiro atoms. The van der Waals surface area contributed by atoms with E-state index in [2.05, 4.69) is 38.1 Å². The van der Waals surface area contributed by atoms with Gasteiger partial charge in [-0.05, 0) is 18.6 Å². The number of hydrogen-bond acceptors (Lipinski definition) is 1. The summed E-state index contributed by atoms with van der Waals surface area (Å²) in [4.78, 5) is 0. The molecule has 0 atom stereocenters. The highest BCUT2D eigenvalue weighted by molar-refractivity contribution is 8.93. The van der Waals surface area contributed by atoms with E-state index in [1.54, 1.807) is 0 Å². The minimum atomic E-state index is 0. The Labute approximate surface area is 107 Å². The van der Waals surface area contributed by atoms with Crippen LogP contribution in [0.15, 0.2) is 24.3 Å². The first kappa shape index (κ1) is 14.3. The molecule has 0 fully saturated rings. The van der Waals surface area contributed by atoms with Gasteiger partial charge in [0.1, 0.15) is 5.75 Å². The molecule has 14 heavy (non-hydrogen) atoms. The summed E-state index contributed by atoms with van der Waals surface area (Å²) in [5.74, 6) is 1.01. The molecule has 0 unspecified atom stereocenters. The van der Waals surface area contributed by atoms with E-state index < -0.39 is 0 Å². The number of benzene rings is 1. The zero-order valence-electron chi connectivity index (χ0n) is 8.95. The molecule has 1 nitrogen and oxygen atoms in total. The van der Waals surface area contributed by atoms with Gasteiger partial charge >= 0.3 is 20.4 Å². The van der Waals surface area contributed by atoms with Crippen LogP contribution in [0.1, 0.15) is 20.3 Å². The van der Waals surface area contributed by atoms with E-state index in [1.165, 1.54) is 8.24 Å². The van der Waals surface area contributed by atoms with Gasteiger partial charge in [0.2, 0.25) is 0 Å². The van der Waals surface area contributed by atoms with Gasteiger partial charge in [-0.1, -0.05) is 26.0 Å². The Morgan fingerprint density at radius 2 is 1.79 bits per heavy atom. The first-order valence-electron chi connectivity index (χ1n) is 5.08. The summed E-state index contributed by atoms with van der Waals surface area (Å²) in [6, 6.07) is 8.60. The van der Waals surface area contributed by atoms with Crippen molar-refractivity contribution in [1.29, 1.82) is 0 Å². The van der Waals surface area contributed by atoms with E-state index in [0.29, 0.717) is 0 Å². The molecule has 0 heterocycles. The van der Waals surface area contributed by atoms with E-state index in [4.69, 9.17) is 4.74 Å². The average molecular weight is 269 g/mol. The highest BCUT2D eigenvalue weighted by Gasteiger charge is 1.96. The largest absolute Gasteiger partial charge is 0.494 e. The molecule has 0 bridgehead atoms. The van der Waals surface area contributed by atoms with Crippen molar-refractivity contribution >= 4 is 41.0 Å². The lowest BCUT2D eigenvalue weighted by Crippen LogP contribution is -2.11. The molecule has 1 aromatic carbocycles. The van der Waals surface area contributed by atoms with Gasteiger partial charge in [-0.25, -0.2) is 0 Å². The molecular formula is C11H17BrMgO. The summed E-state index contributed by atoms with van der Waals surface area (Å²) in [5.41, 5.74) is 0. The first-order valence-corrected chi connectivity index (χ1v) is 6.79. The normalized spacial score (nSPS) is 8.71. The van der Waals surface area contributed by atoms with Crippen LogP contribution in [0.2, 0.25) is 4.55 Å². The molecule has 76 valence electrons. The maximum absolute atomic E-state index is 5.50. The fourth-order valence-corrected chi connectivity index (χ4v) is 2.41. The van der Waals surface area contributed by atoms with Crippen molar-refractivity contribution in [1.82, 2.24) is 0 Å². The van der Waals surface area contributed by atoms with Crippen LogP contribution in [-0.2, 0) is 0 Å². The molecule has 0 aromatic heterocycles. The Hall–Kier alpha value is 0.266. The van der Waals surface area contributed by atoms with Crippen molar-refractivity contribution in [3.8, 4) is 5.75 Å². The van der Waals surface area contributed by atoms with Crippen molar-refractivity contribution in [3.05, 3.63) is 24.3 Å². The third-order valence-electron chi connectivity index (χ3n) is 1.93. The standard InChI is InChI=1S/C9H11O.C2H5.BrH.Mg/c1-2-8-10-9-6-4-3-5-7-9;1-2;;/h4-7H,2,8H2,1H3;1H2,2H3;1H;. The van der Waals surface area contributed by atoms with Gasteiger partial charge in [-0.15, -0.1) is 21.5 Å². The predicted molar refractivity (Wildman–Crippen MR) is 68.4 cm³/mol. The lowest BCUT2D eigenvalue weighted by atomic mass is 10.3. The van der Waals surface area contributed by atoms with Crippen LogP contribution in [0.4, 0.5) is 0 Å². The molecule has 0 saturated carbocycles. The quantitative estimate of drug-likeness (QED) is 0.747. The van der Waals surface area contributed by atoms with Crippen molar-refractivity contribution in [2.45, 2.75) is 24.8 Å². The topological polar surface area (TPSA) is 9.23 Å². The van der Waals surface area contributed by atoms with Gasteiger partial charge in [0, 0.05) is 0 Å². The molecule has 0 radical (unpaired) electrons. The number of rotatable bonds is 5. The van der Waals surface area contributed by atoms with Gasteiger partial charge in [0.25, 0.3) is 0 Å². The highest BCUT2D eigenvalue weighted by atomic mass is 79.9. The van der Waals surface area contributed by atoms with Crippen molar-refractivity contribution in [2.75, 3.05) is 6.61 Å². The van der Waals surface area contributed by atoms with Crippen molar-refractivity contribution < 1.29 is 4.74 Å². The van der Waals surface area contributed by atoms with Gasteiger partial charge in [-0.2, -0.15) is 3.69 Å². The number of ether oxygens (including phenoxy) is 1. The molecule has 0 saturated heterocycles. The monoisotopic (exact) mass is 268 g/mol. The van der Waals surface area contributed by atoms with E-state index >= 15 is 0 Å². The van der Waals surface area contributed by atoms with Crippen LogP contribution in [0.3, 0.4) is 0 Å². The third-order valence-corrected chi connectivity index (χ3v) is 3.48. The van der Waals surface area contributed by atoms with E-state index in [9.17, 15) is 0 Å². The van der Waals surface area contributed by atoms with E-state index in [1.807, 2.05) is 0 Å². The maximum atomic E-state index is 5.50. The van der Waals surface area contributed by atoms with Gasteiger partial charge in [0.05, 0.1) is 6.61 Å². The van der Waals surface area contributed by atoms with Crippen LogP contribution in [0, 0.1) is 0 Å². The van der Waals surface area contributed by atoms with Crippen LogP contribution in [0.5, 0.6) is 5.75 Å². The molecule has 0 aliphatic heterocycles. The summed E-state index contributed by atoms with van der Waals surface area (Å²) in [7, 11) is 0. The molecule has 0 aliphatic rings. The van der Waals surface area contributed by atoms with Crippen molar-refractivity contribution in [2.24, 2.45) is 0 Å². The first-order chi connectivity index (χ1) is 6.36. The highest BCUT2D eigenvalue weighted by Crippen LogP contribution is 2.07. The van der Waals surface area contributed by atoms with E-state index in [0.717, 1.165) is 18.8 Å². The summed E-state index contributed by atoms with van der Waals surface area (Å²) < 4.78 is 8.38.